The van der Waals surface area contributed by atoms with Crippen LogP contribution in [0, 0.1) is 5.92 Å². The summed E-state index contributed by atoms with van der Waals surface area (Å²) in [6, 6.07) is 7.36. The predicted octanol–water partition coefficient (Wildman–Crippen LogP) is 2.70. The van der Waals surface area contributed by atoms with Crippen molar-refractivity contribution >= 4 is 18.0 Å². The van der Waals surface area contributed by atoms with Crippen molar-refractivity contribution in [1.29, 1.82) is 0 Å². The molecule has 0 bridgehead atoms. The Labute approximate surface area is 154 Å². The Morgan fingerprint density at radius 3 is 2.31 bits per heavy atom. The molecular weight excluding hydrogens is 336 g/mol. The smallest absolute Gasteiger partial charge is 0.408 e. The third-order valence-corrected chi connectivity index (χ3v) is 4.18. The third kappa shape index (κ3) is 7.13. The molecule has 7 nitrogen and oxygen atoms in total. The predicted molar refractivity (Wildman–Crippen MR) is 97.5 cm³/mol. The van der Waals surface area contributed by atoms with Gasteiger partial charge in [0.25, 0.3) is 0 Å². The van der Waals surface area contributed by atoms with Gasteiger partial charge in [0.1, 0.15) is 18.7 Å². The minimum absolute atomic E-state index is 0.0950. The van der Waals surface area contributed by atoms with E-state index in [0.29, 0.717) is 19.3 Å². The Hall–Kier alpha value is -2.57. The van der Waals surface area contributed by atoms with Crippen molar-refractivity contribution in [2.45, 2.75) is 58.7 Å². The molecule has 0 radical (unpaired) electrons. The van der Waals surface area contributed by atoms with E-state index in [9.17, 15) is 19.5 Å². The van der Waals surface area contributed by atoms with E-state index in [4.69, 9.17) is 4.74 Å². The molecule has 26 heavy (non-hydrogen) atoms. The summed E-state index contributed by atoms with van der Waals surface area (Å²) >= 11 is 0. The Kier molecular flexibility index (Phi) is 9.19. The van der Waals surface area contributed by atoms with Crippen molar-refractivity contribution in [3.63, 3.8) is 0 Å². The summed E-state index contributed by atoms with van der Waals surface area (Å²) in [5.41, 5.74) is 0.835. The van der Waals surface area contributed by atoms with Gasteiger partial charge in [-0.2, -0.15) is 0 Å². The molecule has 0 aliphatic rings. The molecule has 1 rings (SSSR count). The van der Waals surface area contributed by atoms with Crippen LogP contribution in [0.3, 0.4) is 0 Å². The highest BCUT2D eigenvalue weighted by Crippen LogP contribution is 2.09. The largest absolute Gasteiger partial charge is 0.480 e. The lowest BCUT2D eigenvalue weighted by Gasteiger charge is -2.24. The molecule has 0 aromatic heterocycles. The van der Waals surface area contributed by atoms with Crippen LogP contribution in [0.4, 0.5) is 4.79 Å². The van der Waals surface area contributed by atoms with Crippen molar-refractivity contribution < 1.29 is 24.2 Å². The maximum atomic E-state index is 12.4. The number of carbonyl (C=O) groups is 3. The molecule has 0 heterocycles. The van der Waals surface area contributed by atoms with Gasteiger partial charge >= 0.3 is 12.1 Å². The summed E-state index contributed by atoms with van der Waals surface area (Å²) in [6.45, 7) is 5.59. The minimum atomic E-state index is -1.09. The van der Waals surface area contributed by atoms with Crippen LogP contribution in [0.2, 0.25) is 0 Å². The van der Waals surface area contributed by atoms with Gasteiger partial charge in [-0.15, -0.1) is 0 Å². The fourth-order valence-corrected chi connectivity index (χ4v) is 2.40. The van der Waals surface area contributed by atoms with Crippen LogP contribution in [-0.4, -0.2) is 35.2 Å². The van der Waals surface area contributed by atoms with Crippen molar-refractivity contribution in [3.05, 3.63) is 35.9 Å². The molecule has 0 spiro atoms. The van der Waals surface area contributed by atoms with Crippen LogP contribution in [0.25, 0.3) is 0 Å². The molecule has 7 heteroatoms. The van der Waals surface area contributed by atoms with Crippen LogP contribution in [0.5, 0.6) is 0 Å². The first-order chi connectivity index (χ1) is 12.4. The van der Waals surface area contributed by atoms with Crippen LogP contribution >= 0.6 is 0 Å². The number of amides is 2. The molecule has 1 aromatic carbocycles. The van der Waals surface area contributed by atoms with Crippen LogP contribution in [0.15, 0.2) is 30.3 Å². The topological polar surface area (TPSA) is 105 Å². The van der Waals surface area contributed by atoms with Crippen LogP contribution < -0.4 is 10.6 Å². The first-order valence-electron chi connectivity index (χ1n) is 8.89. The van der Waals surface area contributed by atoms with E-state index < -0.39 is 30.1 Å². The molecule has 1 aromatic rings. The zero-order valence-electron chi connectivity index (χ0n) is 15.5. The number of ether oxygens (including phenoxy) is 1. The number of hydrogen-bond donors (Lipinski definition) is 3. The number of carboxylic acids is 1. The summed E-state index contributed by atoms with van der Waals surface area (Å²) < 4.78 is 5.13. The highest BCUT2D eigenvalue weighted by Gasteiger charge is 2.29. The van der Waals surface area contributed by atoms with E-state index in [1.807, 2.05) is 44.2 Å². The highest BCUT2D eigenvalue weighted by atomic mass is 16.5. The van der Waals surface area contributed by atoms with E-state index in [-0.39, 0.29) is 12.5 Å². The lowest BCUT2D eigenvalue weighted by Crippen LogP contribution is -2.53. The molecular formula is C19H28N2O5. The molecule has 0 unspecified atom stereocenters. The van der Waals surface area contributed by atoms with E-state index in [2.05, 4.69) is 10.6 Å². The van der Waals surface area contributed by atoms with Gasteiger partial charge in [0, 0.05) is 0 Å². The second-order valence-electron chi connectivity index (χ2n) is 6.26. The first kappa shape index (κ1) is 21.5. The fourth-order valence-electron chi connectivity index (χ4n) is 2.40. The van der Waals surface area contributed by atoms with Crippen molar-refractivity contribution in [2.75, 3.05) is 0 Å². The summed E-state index contributed by atoms with van der Waals surface area (Å²) in [4.78, 5) is 35.8. The SMILES string of the molecule is CCC[C@@H](NC(=O)OCc1ccccc1)C(=O)N[C@@H](C(=O)O)[C@@H](C)CC. The summed E-state index contributed by atoms with van der Waals surface area (Å²) in [5.74, 6) is -1.82. The number of alkyl carbamates (subject to hydrolysis) is 1. The number of aliphatic carboxylic acids is 1. The van der Waals surface area contributed by atoms with Crippen molar-refractivity contribution in [3.8, 4) is 0 Å². The quantitative estimate of drug-likeness (QED) is 0.592. The molecule has 0 aliphatic heterocycles. The maximum Gasteiger partial charge on any atom is 0.408 e. The molecule has 0 saturated carbocycles. The van der Waals surface area contributed by atoms with Gasteiger partial charge in [0.15, 0.2) is 0 Å². The first-order valence-corrected chi connectivity index (χ1v) is 8.89. The molecule has 0 aliphatic carbocycles. The normalized spacial score (nSPS) is 14.0. The number of carbonyl (C=O) groups excluding carboxylic acids is 2. The summed E-state index contributed by atoms with van der Waals surface area (Å²) in [7, 11) is 0. The average molecular weight is 364 g/mol. The molecule has 0 saturated heterocycles. The van der Waals surface area contributed by atoms with E-state index in [0.717, 1.165) is 5.56 Å². The van der Waals surface area contributed by atoms with Gasteiger partial charge in [-0.3, -0.25) is 4.79 Å². The van der Waals surface area contributed by atoms with Gasteiger partial charge in [-0.25, -0.2) is 9.59 Å². The number of rotatable bonds is 10. The molecule has 3 N–H and O–H groups in total. The molecule has 0 fully saturated rings. The van der Waals surface area contributed by atoms with E-state index in [1.54, 1.807) is 6.92 Å². The fraction of sp³-hybridized carbons (Fsp3) is 0.526. The standard InChI is InChI=1S/C19H28N2O5/c1-4-9-15(17(22)21-16(18(23)24)13(3)5-2)20-19(25)26-12-14-10-7-6-8-11-14/h6-8,10-11,13,15-16H,4-5,9,12H2,1-3H3,(H,20,25)(H,21,22)(H,23,24)/t13-,15+,16+/m0/s1. The van der Waals surface area contributed by atoms with E-state index >= 15 is 0 Å². The third-order valence-electron chi connectivity index (χ3n) is 4.18. The Morgan fingerprint density at radius 1 is 1.12 bits per heavy atom. The average Bonchev–Trinajstić information content (AvgIpc) is 2.63. The van der Waals surface area contributed by atoms with Crippen LogP contribution in [-0.2, 0) is 20.9 Å². The van der Waals surface area contributed by atoms with Crippen molar-refractivity contribution in [1.82, 2.24) is 10.6 Å². The van der Waals surface area contributed by atoms with Gasteiger partial charge in [0.2, 0.25) is 5.91 Å². The van der Waals surface area contributed by atoms with Crippen molar-refractivity contribution in [2.24, 2.45) is 5.92 Å². The Bertz CT molecular complexity index is 591. The van der Waals surface area contributed by atoms with Gasteiger partial charge < -0.3 is 20.5 Å². The zero-order chi connectivity index (χ0) is 19.5. The zero-order valence-corrected chi connectivity index (χ0v) is 15.5. The summed E-state index contributed by atoms with van der Waals surface area (Å²) in [6.07, 6.45) is 0.942. The monoisotopic (exact) mass is 364 g/mol. The number of benzene rings is 1. The highest BCUT2D eigenvalue weighted by molar-refractivity contribution is 5.89. The second kappa shape index (κ2) is 11.1. The number of hydrogen-bond acceptors (Lipinski definition) is 4. The Morgan fingerprint density at radius 2 is 1.77 bits per heavy atom. The molecule has 2 amide bonds. The van der Waals surface area contributed by atoms with Gasteiger partial charge in [-0.1, -0.05) is 63.9 Å². The summed E-state index contributed by atoms with van der Waals surface area (Å²) in [5, 5.41) is 14.3. The molecule has 144 valence electrons. The second-order valence-corrected chi connectivity index (χ2v) is 6.26. The minimum Gasteiger partial charge on any atom is -0.480 e. The lowest BCUT2D eigenvalue weighted by atomic mass is 9.98. The number of nitrogens with one attached hydrogen (secondary N) is 2. The number of carboxylic acid groups (broad SMARTS) is 1. The lowest BCUT2D eigenvalue weighted by molar-refractivity contribution is -0.143. The van der Waals surface area contributed by atoms with Gasteiger partial charge in [-0.05, 0) is 17.9 Å². The van der Waals surface area contributed by atoms with Crippen LogP contribution in [0.1, 0.15) is 45.6 Å². The van der Waals surface area contributed by atoms with Gasteiger partial charge in [0.05, 0.1) is 0 Å². The maximum absolute atomic E-state index is 12.4. The Balaban J connectivity index is 2.63. The van der Waals surface area contributed by atoms with E-state index in [1.165, 1.54) is 0 Å². The molecule has 3 atom stereocenters.